The van der Waals surface area contributed by atoms with Crippen LogP contribution in [0.3, 0.4) is 0 Å². The van der Waals surface area contributed by atoms with Gasteiger partial charge in [0, 0.05) is 25.2 Å². The van der Waals surface area contributed by atoms with Gasteiger partial charge in [-0.05, 0) is 47.5 Å². The Morgan fingerprint density at radius 1 is 1.30 bits per heavy atom. The highest BCUT2D eigenvalue weighted by Crippen LogP contribution is 2.15. The molecule has 1 aliphatic rings. The molecule has 1 fully saturated rings. The number of hydrogen-bond donors (Lipinski definition) is 1. The monoisotopic (exact) mass is 282 g/mol. The van der Waals surface area contributed by atoms with Gasteiger partial charge < -0.3 is 15.0 Å². The first-order chi connectivity index (χ1) is 9.17. The zero-order valence-corrected chi connectivity index (χ0v) is 13.2. The number of nitrogens with zero attached hydrogens (tertiary/aromatic N) is 1. The second-order valence-electron chi connectivity index (χ2n) is 6.50. The number of amides is 2. The molecule has 1 saturated heterocycles. The van der Waals surface area contributed by atoms with Gasteiger partial charge in [-0.3, -0.25) is 4.79 Å². The van der Waals surface area contributed by atoms with E-state index < -0.39 is 5.60 Å². The summed E-state index contributed by atoms with van der Waals surface area (Å²) in [6.07, 6.45) is 3.03. The van der Waals surface area contributed by atoms with Crippen LogP contribution in [0.15, 0.2) is 11.6 Å². The summed E-state index contributed by atoms with van der Waals surface area (Å²) in [5.74, 6) is -0.0963. The summed E-state index contributed by atoms with van der Waals surface area (Å²) in [7, 11) is 0. The molecule has 1 N–H and O–H groups in total. The van der Waals surface area contributed by atoms with E-state index >= 15 is 0 Å². The first-order valence-electron chi connectivity index (χ1n) is 7.11. The molecule has 2 amide bonds. The van der Waals surface area contributed by atoms with Gasteiger partial charge in [0.05, 0.1) is 0 Å². The Morgan fingerprint density at radius 2 is 1.95 bits per heavy atom. The highest BCUT2D eigenvalue weighted by molar-refractivity contribution is 5.88. The molecular formula is C15H26N2O3. The summed E-state index contributed by atoms with van der Waals surface area (Å²) < 4.78 is 5.36. The van der Waals surface area contributed by atoms with E-state index in [0.29, 0.717) is 13.1 Å². The van der Waals surface area contributed by atoms with Gasteiger partial charge in [-0.2, -0.15) is 0 Å². The molecule has 0 radical (unpaired) electrons. The van der Waals surface area contributed by atoms with Crippen LogP contribution in [-0.2, 0) is 9.53 Å². The van der Waals surface area contributed by atoms with Crippen molar-refractivity contribution in [1.29, 1.82) is 0 Å². The van der Waals surface area contributed by atoms with Crippen molar-refractivity contribution >= 4 is 12.0 Å². The van der Waals surface area contributed by atoms with Gasteiger partial charge in [-0.25, -0.2) is 4.79 Å². The van der Waals surface area contributed by atoms with Crippen molar-refractivity contribution in [2.75, 3.05) is 13.1 Å². The molecule has 0 aromatic heterocycles. The summed E-state index contributed by atoms with van der Waals surface area (Å²) in [6, 6.07) is -0.000585. The Labute approximate surface area is 121 Å². The van der Waals surface area contributed by atoms with E-state index in [1.807, 2.05) is 34.6 Å². The van der Waals surface area contributed by atoms with Crippen LogP contribution in [0.4, 0.5) is 4.79 Å². The number of nitrogens with one attached hydrogen (secondary N) is 1. The first kappa shape index (κ1) is 16.5. The number of ether oxygens (including phenoxy) is 1. The van der Waals surface area contributed by atoms with Crippen molar-refractivity contribution in [2.24, 2.45) is 0 Å². The van der Waals surface area contributed by atoms with Crippen LogP contribution < -0.4 is 5.32 Å². The zero-order chi connectivity index (χ0) is 15.3. The molecule has 5 nitrogen and oxygen atoms in total. The van der Waals surface area contributed by atoms with Crippen molar-refractivity contribution in [1.82, 2.24) is 10.2 Å². The van der Waals surface area contributed by atoms with Crippen LogP contribution in [0.1, 0.15) is 47.5 Å². The minimum Gasteiger partial charge on any atom is -0.444 e. The summed E-state index contributed by atoms with van der Waals surface area (Å²) in [4.78, 5) is 25.4. The Balaban J connectivity index is 2.52. The average molecular weight is 282 g/mol. The molecular weight excluding hydrogens is 256 g/mol. The highest BCUT2D eigenvalue weighted by atomic mass is 16.6. The number of hydrogen-bond acceptors (Lipinski definition) is 3. The molecule has 0 saturated carbocycles. The molecule has 0 bridgehead atoms. The maximum atomic E-state index is 12.0. The fourth-order valence-electron chi connectivity index (χ4n) is 2.09. The molecule has 0 aliphatic carbocycles. The summed E-state index contributed by atoms with van der Waals surface area (Å²) in [5, 5.41) is 2.93. The highest BCUT2D eigenvalue weighted by Gasteiger charge is 2.27. The molecule has 114 valence electrons. The van der Waals surface area contributed by atoms with E-state index in [-0.39, 0.29) is 18.0 Å². The molecule has 20 heavy (non-hydrogen) atoms. The maximum absolute atomic E-state index is 12.0. The van der Waals surface area contributed by atoms with E-state index in [0.717, 1.165) is 18.4 Å². The zero-order valence-electron chi connectivity index (χ0n) is 13.2. The van der Waals surface area contributed by atoms with Crippen molar-refractivity contribution in [3.05, 3.63) is 11.6 Å². The molecule has 1 unspecified atom stereocenters. The van der Waals surface area contributed by atoms with E-state index in [1.54, 1.807) is 11.0 Å². The van der Waals surface area contributed by atoms with Crippen LogP contribution in [0.25, 0.3) is 0 Å². The third-order valence-electron chi connectivity index (χ3n) is 2.84. The van der Waals surface area contributed by atoms with Crippen molar-refractivity contribution < 1.29 is 14.3 Å². The van der Waals surface area contributed by atoms with Crippen LogP contribution in [0.5, 0.6) is 0 Å². The van der Waals surface area contributed by atoms with Crippen LogP contribution >= 0.6 is 0 Å². The second-order valence-corrected chi connectivity index (χ2v) is 6.50. The Bertz CT molecular complexity index is 392. The fourth-order valence-corrected chi connectivity index (χ4v) is 2.09. The average Bonchev–Trinajstić information content (AvgIpc) is 2.25. The molecule has 0 spiro atoms. The normalized spacial score (nSPS) is 19.2. The molecule has 0 aromatic carbocycles. The lowest BCUT2D eigenvalue weighted by Crippen LogP contribution is -2.50. The van der Waals surface area contributed by atoms with E-state index in [9.17, 15) is 9.59 Å². The smallest absolute Gasteiger partial charge is 0.410 e. The van der Waals surface area contributed by atoms with Gasteiger partial charge in [0.25, 0.3) is 0 Å². The molecule has 0 aromatic rings. The lowest BCUT2D eigenvalue weighted by Gasteiger charge is -2.34. The van der Waals surface area contributed by atoms with Crippen molar-refractivity contribution in [3.63, 3.8) is 0 Å². The first-order valence-corrected chi connectivity index (χ1v) is 7.11. The lowest BCUT2D eigenvalue weighted by molar-refractivity contribution is -0.117. The van der Waals surface area contributed by atoms with Gasteiger partial charge in [0.2, 0.25) is 5.91 Å². The minimum atomic E-state index is -0.491. The predicted molar refractivity (Wildman–Crippen MR) is 78.4 cm³/mol. The molecule has 1 heterocycles. The van der Waals surface area contributed by atoms with Crippen molar-refractivity contribution in [3.8, 4) is 0 Å². The molecule has 1 aliphatic heterocycles. The van der Waals surface area contributed by atoms with E-state index in [2.05, 4.69) is 5.32 Å². The predicted octanol–water partition coefficient (Wildman–Crippen LogP) is 2.47. The standard InChI is InChI=1S/C15H26N2O3/c1-11(2)9-13(18)16-12-7-6-8-17(10-12)14(19)20-15(3,4)5/h9,12H,6-8,10H2,1-5H3,(H,16,18). The van der Waals surface area contributed by atoms with Gasteiger partial charge >= 0.3 is 6.09 Å². The van der Waals surface area contributed by atoms with Crippen molar-refractivity contribution in [2.45, 2.75) is 59.1 Å². The number of carbonyl (C=O) groups is 2. The summed E-state index contributed by atoms with van der Waals surface area (Å²) in [6.45, 7) is 10.5. The summed E-state index contributed by atoms with van der Waals surface area (Å²) in [5.41, 5.74) is 0.470. The topological polar surface area (TPSA) is 58.6 Å². The quantitative estimate of drug-likeness (QED) is 0.792. The lowest BCUT2D eigenvalue weighted by atomic mass is 10.1. The van der Waals surface area contributed by atoms with E-state index in [1.165, 1.54) is 0 Å². The van der Waals surface area contributed by atoms with Gasteiger partial charge in [-0.15, -0.1) is 0 Å². The van der Waals surface area contributed by atoms with Gasteiger partial charge in [-0.1, -0.05) is 5.57 Å². The summed E-state index contributed by atoms with van der Waals surface area (Å²) >= 11 is 0. The number of piperidine rings is 1. The number of carbonyl (C=O) groups excluding carboxylic acids is 2. The molecule has 5 heteroatoms. The Hall–Kier alpha value is -1.52. The number of likely N-dealkylation sites (tertiary alicyclic amines) is 1. The van der Waals surface area contributed by atoms with Crippen LogP contribution in [0.2, 0.25) is 0 Å². The third-order valence-corrected chi connectivity index (χ3v) is 2.84. The van der Waals surface area contributed by atoms with E-state index in [4.69, 9.17) is 4.74 Å². The largest absolute Gasteiger partial charge is 0.444 e. The second kappa shape index (κ2) is 6.77. The SMILES string of the molecule is CC(C)=CC(=O)NC1CCCN(C(=O)OC(C)(C)C)C1. The van der Waals surface area contributed by atoms with Gasteiger partial charge in [0.15, 0.2) is 0 Å². The Kier molecular flexibility index (Phi) is 5.60. The number of allylic oxidation sites excluding steroid dienone is 1. The molecule has 1 atom stereocenters. The Morgan fingerprint density at radius 3 is 2.50 bits per heavy atom. The van der Waals surface area contributed by atoms with Crippen LogP contribution in [-0.4, -0.2) is 41.6 Å². The van der Waals surface area contributed by atoms with Crippen LogP contribution in [0, 0.1) is 0 Å². The number of rotatable bonds is 2. The molecule has 1 rings (SSSR count). The fraction of sp³-hybridized carbons (Fsp3) is 0.733. The maximum Gasteiger partial charge on any atom is 0.410 e. The van der Waals surface area contributed by atoms with Gasteiger partial charge in [0.1, 0.15) is 5.60 Å². The third kappa shape index (κ3) is 6.08. The minimum absolute atomic E-state index is 0.000585.